The highest BCUT2D eigenvalue weighted by Gasteiger charge is 1.98. The van der Waals surface area contributed by atoms with Crippen molar-refractivity contribution in [3.05, 3.63) is 58.9 Å². The Morgan fingerprint density at radius 3 is 2.50 bits per heavy atom. The third-order valence-electron chi connectivity index (χ3n) is 2.36. The lowest BCUT2D eigenvalue weighted by atomic mass is 10.1. The van der Waals surface area contributed by atoms with Crippen molar-refractivity contribution in [1.29, 1.82) is 0 Å². The average molecular weight is 250 g/mol. The van der Waals surface area contributed by atoms with Crippen molar-refractivity contribution >= 4 is 23.4 Å². The van der Waals surface area contributed by atoms with Gasteiger partial charge in [0.1, 0.15) is 5.15 Å². The van der Waals surface area contributed by atoms with Crippen molar-refractivity contribution in [2.45, 2.75) is 11.3 Å². The zero-order valence-corrected chi connectivity index (χ0v) is 10.6. The van der Waals surface area contributed by atoms with Crippen molar-refractivity contribution in [3.63, 3.8) is 0 Å². The average Bonchev–Trinajstić information content (AvgIpc) is 2.30. The number of thioether (sulfide) groups is 1. The predicted octanol–water partition coefficient (Wildman–Crippen LogP) is 4.05. The van der Waals surface area contributed by atoms with Gasteiger partial charge in [-0.3, -0.25) is 0 Å². The maximum absolute atomic E-state index is 5.84. The largest absolute Gasteiger partial charge is 0.245 e. The fourth-order valence-corrected chi connectivity index (χ4v) is 2.14. The second-order valence-corrected chi connectivity index (χ2v) is 4.78. The Bertz CT molecular complexity index is 468. The summed E-state index contributed by atoms with van der Waals surface area (Å²) in [5, 5.41) is 0.554. The van der Waals surface area contributed by atoms with Crippen molar-refractivity contribution in [3.8, 4) is 0 Å². The Morgan fingerprint density at radius 1 is 1.12 bits per heavy atom. The third-order valence-corrected chi connectivity index (χ3v) is 3.31. The van der Waals surface area contributed by atoms with E-state index in [0.29, 0.717) is 5.15 Å². The molecular formula is C13H12ClNS. The molecule has 0 saturated carbocycles. The van der Waals surface area contributed by atoms with Gasteiger partial charge in [0.2, 0.25) is 0 Å². The summed E-state index contributed by atoms with van der Waals surface area (Å²) in [4.78, 5) is 5.26. The summed E-state index contributed by atoms with van der Waals surface area (Å²) in [7, 11) is 0. The van der Waals surface area contributed by atoms with E-state index < -0.39 is 0 Å². The lowest BCUT2D eigenvalue weighted by Gasteiger charge is -2.03. The van der Waals surface area contributed by atoms with Gasteiger partial charge in [0.15, 0.2) is 0 Å². The highest BCUT2D eigenvalue weighted by molar-refractivity contribution is 7.98. The molecule has 0 radical (unpaired) electrons. The standard InChI is InChI=1S/C13H12ClNS/c1-16-12-4-2-10(3-5-12)8-11-6-7-15-13(14)9-11/h2-7,9H,8H2,1H3. The molecular weight excluding hydrogens is 238 g/mol. The molecule has 2 rings (SSSR count). The van der Waals surface area contributed by atoms with Gasteiger partial charge >= 0.3 is 0 Å². The van der Waals surface area contributed by atoms with Gasteiger partial charge in [0, 0.05) is 11.1 Å². The van der Waals surface area contributed by atoms with Gasteiger partial charge in [-0.25, -0.2) is 4.98 Å². The first-order valence-corrected chi connectivity index (χ1v) is 6.61. The van der Waals surface area contributed by atoms with E-state index >= 15 is 0 Å². The van der Waals surface area contributed by atoms with Crippen LogP contribution in [0.4, 0.5) is 0 Å². The van der Waals surface area contributed by atoms with Crippen LogP contribution in [0, 0.1) is 0 Å². The molecule has 0 atom stereocenters. The number of halogens is 1. The summed E-state index contributed by atoms with van der Waals surface area (Å²) in [5.74, 6) is 0. The lowest BCUT2D eigenvalue weighted by Crippen LogP contribution is -1.88. The molecule has 1 heterocycles. The summed E-state index contributed by atoms with van der Waals surface area (Å²) in [6.07, 6.45) is 4.72. The molecule has 3 heteroatoms. The second-order valence-electron chi connectivity index (χ2n) is 3.51. The number of nitrogens with zero attached hydrogens (tertiary/aromatic N) is 1. The number of hydrogen-bond donors (Lipinski definition) is 0. The monoisotopic (exact) mass is 249 g/mol. The van der Waals surface area contributed by atoms with E-state index in [0.717, 1.165) is 6.42 Å². The Kier molecular flexibility index (Phi) is 3.86. The van der Waals surface area contributed by atoms with Crippen LogP contribution in [0.2, 0.25) is 5.15 Å². The molecule has 16 heavy (non-hydrogen) atoms. The summed E-state index contributed by atoms with van der Waals surface area (Å²) in [5.41, 5.74) is 2.48. The van der Waals surface area contributed by atoms with E-state index in [1.54, 1.807) is 18.0 Å². The molecule has 2 aromatic rings. The maximum Gasteiger partial charge on any atom is 0.129 e. The quantitative estimate of drug-likeness (QED) is 0.601. The molecule has 0 aliphatic rings. The lowest BCUT2D eigenvalue weighted by molar-refractivity contribution is 1.15. The van der Waals surface area contributed by atoms with Crippen LogP contribution in [0.3, 0.4) is 0 Å². The smallest absolute Gasteiger partial charge is 0.129 e. The van der Waals surface area contributed by atoms with Crippen LogP contribution in [0.15, 0.2) is 47.5 Å². The Morgan fingerprint density at radius 2 is 1.88 bits per heavy atom. The first-order valence-electron chi connectivity index (χ1n) is 5.01. The zero-order chi connectivity index (χ0) is 11.4. The Balaban J connectivity index is 2.14. The fourth-order valence-electron chi connectivity index (χ4n) is 1.53. The van der Waals surface area contributed by atoms with E-state index in [-0.39, 0.29) is 0 Å². The molecule has 0 saturated heterocycles. The van der Waals surface area contributed by atoms with Gasteiger partial charge < -0.3 is 0 Å². The van der Waals surface area contributed by atoms with Gasteiger partial charge in [-0.05, 0) is 48.1 Å². The fraction of sp³-hybridized carbons (Fsp3) is 0.154. The molecule has 82 valence electrons. The first-order chi connectivity index (χ1) is 7.78. The molecule has 0 unspecified atom stereocenters. The van der Waals surface area contributed by atoms with Gasteiger partial charge in [-0.2, -0.15) is 0 Å². The molecule has 0 aliphatic carbocycles. The summed E-state index contributed by atoms with van der Waals surface area (Å²) in [6, 6.07) is 12.5. The van der Waals surface area contributed by atoms with Crippen LogP contribution in [-0.2, 0) is 6.42 Å². The Hall–Kier alpha value is -0.990. The molecule has 0 bridgehead atoms. The molecule has 0 N–H and O–H groups in total. The first kappa shape index (κ1) is 11.5. The molecule has 1 aromatic heterocycles. The van der Waals surface area contributed by atoms with Crippen molar-refractivity contribution in [2.24, 2.45) is 0 Å². The van der Waals surface area contributed by atoms with E-state index in [1.807, 2.05) is 12.1 Å². The van der Waals surface area contributed by atoms with E-state index in [1.165, 1.54) is 16.0 Å². The van der Waals surface area contributed by atoms with Crippen molar-refractivity contribution < 1.29 is 0 Å². The van der Waals surface area contributed by atoms with Gasteiger partial charge in [-0.15, -0.1) is 11.8 Å². The van der Waals surface area contributed by atoms with Crippen LogP contribution in [0.5, 0.6) is 0 Å². The highest BCUT2D eigenvalue weighted by Crippen LogP contribution is 2.17. The number of benzene rings is 1. The van der Waals surface area contributed by atoms with E-state index in [2.05, 4.69) is 35.5 Å². The number of hydrogen-bond acceptors (Lipinski definition) is 2. The van der Waals surface area contributed by atoms with Crippen LogP contribution in [0.1, 0.15) is 11.1 Å². The Labute approximate surface area is 105 Å². The van der Waals surface area contributed by atoms with Crippen LogP contribution < -0.4 is 0 Å². The predicted molar refractivity (Wildman–Crippen MR) is 70.3 cm³/mol. The minimum Gasteiger partial charge on any atom is -0.245 e. The highest BCUT2D eigenvalue weighted by atomic mass is 35.5. The minimum atomic E-state index is 0.554. The molecule has 1 nitrogen and oxygen atoms in total. The van der Waals surface area contributed by atoms with Gasteiger partial charge in [0.25, 0.3) is 0 Å². The van der Waals surface area contributed by atoms with Crippen molar-refractivity contribution in [1.82, 2.24) is 4.98 Å². The third kappa shape index (κ3) is 3.00. The molecule has 0 aliphatic heterocycles. The van der Waals surface area contributed by atoms with Crippen LogP contribution >= 0.6 is 23.4 Å². The summed E-state index contributed by atoms with van der Waals surface area (Å²) in [6.45, 7) is 0. The topological polar surface area (TPSA) is 12.9 Å². The molecule has 1 aromatic carbocycles. The van der Waals surface area contributed by atoms with Crippen LogP contribution in [-0.4, -0.2) is 11.2 Å². The second kappa shape index (κ2) is 5.37. The minimum absolute atomic E-state index is 0.554. The zero-order valence-electron chi connectivity index (χ0n) is 8.98. The molecule has 0 amide bonds. The summed E-state index contributed by atoms with van der Waals surface area (Å²) >= 11 is 7.60. The normalized spacial score (nSPS) is 10.4. The van der Waals surface area contributed by atoms with E-state index in [4.69, 9.17) is 11.6 Å². The molecule has 0 spiro atoms. The van der Waals surface area contributed by atoms with Crippen LogP contribution in [0.25, 0.3) is 0 Å². The number of rotatable bonds is 3. The SMILES string of the molecule is CSc1ccc(Cc2ccnc(Cl)c2)cc1. The molecule has 0 fully saturated rings. The van der Waals surface area contributed by atoms with Gasteiger partial charge in [0.05, 0.1) is 0 Å². The number of aromatic nitrogens is 1. The maximum atomic E-state index is 5.84. The summed E-state index contributed by atoms with van der Waals surface area (Å²) < 4.78 is 0. The van der Waals surface area contributed by atoms with Gasteiger partial charge in [-0.1, -0.05) is 23.7 Å². The van der Waals surface area contributed by atoms with E-state index in [9.17, 15) is 0 Å². The van der Waals surface area contributed by atoms with Crippen molar-refractivity contribution in [2.75, 3.05) is 6.26 Å². The number of pyridine rings is 1.